The predicted molar refractivity (Wildman–Crippen MR) is 83.4 cm³/mol. The molecule has 0 saturated carbocycles. The molecule has 1 unspecified atom stereocenters. The Morgan fingerprint density at radius 3 is 2.73 bits per heavy atom. The summed E-state index contributed by atoms with van der Waals surface area (Å²) in [4.78, 5) is 7.63. The molecule has 0 aliphatic rings. The Bertz CT molecular complexity index is 969. The van der Waals surface area contributed by atoms with Gasteiger partial charge in [-0.05, 0) is 19.1 Å². The van der Waals surface area contributed by atoms with Crippen LogP contribution in [0.15, 0.2) is 29.0 Å². The zero-order chi connectivity index (χ0) is 18.9. The van der Waals surface area contributed by atoms with Crippen LogP contribution in [0.4, 0.5) is 13.2 Å². The van der Waals surface area contributed by atoms with Crippen LogP contribution in [0.2, 0.25) is 0 Å². The molecule has 0 aromatic carbocycles. The van der Waals surface area contributed by atoms with Crippen LogP contribution in [0.1, 0.15) is 18.5 Å². The number of nitrogens with zero attached hydrogens (tertiary/aromatic N) is 4. The van der Waals surface area contributed by atoms with Crippen LogP contribution in [0.25, 0.3) is 17.0 Å². The Balaban J connectivity index is 1.90. The van der Waals surface area contributed by atoms with Gasteiger partial charge in [-0.15, -0.1) is 0 Å². The third-order valence-electron chi connectivity index (χ3n) is 3.40. The normalized spacial score (nSPS) is 14.7. The van der Waals surface area contributed by atoms with Crippen molar-refractivity contribution >= 4 is 13.2 Å². The van der Waals surface area contributed by atoms with Gasteiger partial charge >= 0.3 is 19.7 Å². The number of hydrogen-bond donors (Lipinski definition) is 0. The van der Waals surface area contributed by atoms with E-state index in [9.17, 15) is 17.7 Å². The molecule has 0 bridgehead atoms. The summed E-state index contributed by atoms with van der Waals surface area (Å²) < 4.78 is 66.0. The molecule has 26 heavy (non-hydrogen) atoms. The van der Waals surface area contributed by atoms with Gasteiger partial charge in [0, 0.05) is 25.1 Å². The summed E-state index contributed by atoms with van der Waals surface area (Å²) in [5, 5.41) is 3.34. The van der Waals surface area contributed by atoms with Crippen molar-refractivity contribution in [2.75, 3.05) is 13.7 Å². The van der Waals surface area contributed by atoms with Gasteiger partial charge in [0.15, 0.2) is 0 Å². The van der Waals surface area contributed by atoms with Crippen LogP contribution in [0.5, 0.6) is 0 Å². The quantitative estimate of drug-likeness (QED) is 0.592. The minimum atomic E-state index is -4.71. The monoisotopic (exact) mass is 390 g/mol. The van der Waals surface area contributed by atoms with Gasteiger partial charge in [0.1, 0.15) is 5.65 Å². The topological polar surface area (TPSA) is 91.8 Å². The average molecular weight is 390 g/mol. The Morgan fingerprint density at radius 2 is 2.12 bits per heavy atom. The van der Waals surface area contributed by atoms with E-state index in [0.717, 1.165) is 0 Å². The van der Waals surface area contributed by atoms with Crippen LogP contribution < -0.4 is 0 Å². The van der Waals surface area contributed by atoms with Crippen molar-refractivity contribution in [3.8, 4) is 11.4 Å². The maximum Gasteiger partial charge on any atom is 0.471 e. The molecule has 0 saturated heterocycles. The fourth-order valence-corrected chi connectivity index (χ4v) is 3.53. The largest absolute Gasteiger partial charge is 0.471 e. The van der Waals surface area contributed by atoms with Gasteiger partial charge < -0.3 is 18.0 Å². The predicted octanol–water partition coefficient (Wildman–Crippen LogP) is 3.78. The first-order valence-corrected chi connectivity index (χ1v) is 9.15. The van der Waals surface area contributed by atoms with Gasteiger partial charge in [-0.25, -0.2) is 4.98 Å². The number of rotatable bonds is 6. The third kappa shape index (κ3) is 3.79. The molecule has 1 atom stereocenters. The molecule has 3 aromatic heterocycles. The first kappa shape index (κ1) is 18.6. The van der Waals surface area contributed by atoms with Crippen molar-refractivity contribution in [1.29, 1.82) is 0 Å². The van der Waals surface area contributed by atoms with E-state index in [2.05, 4.69) is 19.6 Å². The second-order valence-electron chi connectivity index (χ2n) is 5.20. The fraction of sp³-hybridized carbons (Fsp3) is 0.357. The zero-order valence-corrected chi connectivity index (χ0v) is 14.6. The fourth-order valence-electron chi connectivity index (χ4n) is 2.26. The van der Waals surface area contributed by atoms with Crippen molar-refractivity contribution in [2.45, 2.75) is 19.3 Å². The number of halogens is 3. The van der Waals surface area contributed by atoms with Gasteiger partial charge in [0.25, 0.3) is 0 Å². The van der Waals surface area contributed by atoms with Crippen LogP contribution in [0, 0.1) is 0 Å². The van der Waals surface area contributed by atoms with Crippen LogP contribution >= 0.6 is 7.60 Å². The number of aromatic nitrogens is 4. The van der Waals surface area contributed by atoms with Gasteiger partial charge in [-0.3, -0.25) is 4.57 Å². The van der Waals surface area contributed by atoms with Crippen molar-refractivity contribution in [2.24, 2.45) is 0 Å². The second kappa shape index (κ2) is 6.82. The number of hydrogen-bond acceptors (Lipinski definition) is 7. The molecule has 0 amide bonds. The van der Waals surface area contributed by atoms with Gasteiger partial charge in [0.2, 0.25) is 5.82 Å². The Hall–Kier alpha value is -2.23. The first-order chi connectivity index (χ1) is 12.2. The van der Waals surface area contributed by atoms with Crippen molar-refractivity contribution in [3.05, 3.63) is 36.1 Å². The van der Waals surface area contributed by atoms with E-state index in [1.165, 1.54) is 19.2 Å². The molecule has 12 heteroatoms. The molecular formula is C14H14F3N4O4P. The van der Waals surface area contributed by atoms with E-state index in [1.807, 2.05) is 0 Å². The highest BCUT2D eigenvalue weighted by molar-refractivity contribution is 7.52. The zero-order valence-electron chi connectivity index (χ0n) is 13.7. The summed E-state index contributed by atoms with van der Waals surface area (Å²) in [5.74, 6) is -1.63. The number of pyridine rings is 1. The molecule has 0 fully saturated rings. The summed E-state index contributed by atoms with van der Waals surface area (Å²) in [6.07, 6.45) is -1.55. The van der Waals surface area contributed by atoms with Gasteiger partial charge in [-0.2, -0.15) is 18.2 Å². The minimum Gasteiger partial charge on any atom is -0.329 e. The van der Waals surface area contributed by atoms with Gasteiger partial charge in [-0.1, -0.05) is 5.16 Å². The molecular weight excluding hydrogens is 376 g/mol. The van der Waals surface area contributed by atoms with Crippen molar-refractivity contribution < 1.29 is 31.3 Å². The summed E-state index contributed by atoms with van der Waals surface area (Å²) in [6, 6.07) is 3.01. The average Bonchev–Trinajstić information content (AvgIpc) is 3.20. The highest BCUT2D eigenvalue weighted by atomic mass is 31.2. The Kier molecular flexibility index (Phi) is 4.87. The first-order valence-electron chi connectivity index (χ1n) is 7.42. The molecule has 0 aliphatic carbocycles. The van der Waals surface area contributed by atoms with Crippen molar-refractivity contribution in [1.82, 2.24) is 19.5 Å². The highest BCUT2D eigenvalue weighted by Gasteiger charge is 2.38. The van der Waals surface area contributed by atoms with E-state index in [1.54, 1.807) is 23.7 Å². The smallest absolute Gasteiger partial charge is 0.329 e. The molecule has 3 rings (SSSR count). The summed E-state index contributed by atoms with van der Waals surface area (Å²) in [7, 11) is -2.01. The lowest BCUT2D eigenvalue weighted by molar-refractivity contribution is -0.159. The molecule has 8 nitrogen and oxygen atoms in total. The SMILES string of the molecule is CCOP(=O)(Cc1cn2ccc(-c3noc(C(F)(F)F)n3)cc2n1)OC. The highest BCUT2D eigenvalue weighted by Crippen LogP contribution is 2.50. The minimum absolute atomic E-state index is 0.0330. The van der Waals surface area contributed by atoms with E-state index in [0.29, 0.717) is 16.9 Å². The second-order valence-corrected chi connectivity index (χ2v) is 7.36. The maximum atomic E-state index is 12.6. The number of alkyl halides is 3. The van der Waals surface area contributed by atoms with E-state index >= 15 is 0 Å². The molecule has 0 aliphatic heterocycles. The molecule has 0 radical (unpaired) electrons. The summed E-state index contributed by atoms with van der Waals surface area (Å²) >= 11 is 0. The lowest BCUT2D eigenvalue weighted by Gasteiger charge is -2.13. The van der Waals surface area contributed by atoms with E-state index in [-0.39, 0.29) is 18.6 Å². The standard InChI is InChI=1S/C14H14F3N4O4P/c1-3-24-26(22,23-2)8-10-7-21-5-4-9(6-11(21)18-10)12-19-13(25-20-12)14(15,16)17/h4-7H,3,8H2,1-2H3. The van der Waals surface area contributed by atoms with Crippen LogP contribution in [-0.2, 0) is 26.0 Å². The molecule has 0 N–H and O–H groups in total. The van der Waals surface area contributed by atoms with E-state index < -0.39 is 19.7 Å². The summed E-state index contributed by atoms with van der Waals surface area (Å²) in [6.45, 7) is 1.92. The number of imidazole rings is 1. The Morgan fingerprint density at radius 1 is 1.35 bits per heavy atom. The molecule has 140 valence electrons. The number of fused-ring (bicyclic) bond motifs is 1. The Labute approximate surface area is 145 Å². The molecule has 3 aromatic rings. The molecule has 0 spiro atoms. The lowest BCUT2D eigenvalue weighted by Crippen LogP contribution is -2.04. The van der Waals surface area contributed by atoms with Gasteiger partial charge in [0.05, 0.1) is 18.5 Å². The molecule has 3 heterocycles. The van der Waals surface area contributed by atoms with E-state index in [4.69, 9.17) is 9.05 Å². The summed E-state index contributed by atoms with van der Waals surface area (Å²) in [5.41, 5.74) is 1.16. The van der Waals surface area contributed by atoms with Crippen LogP contribution in [-0.4, -0.2) is 33.2 Å². The lowest BCUT2D eigenvalue weighted by atomic mass is 10.2. The maximum absolute atomic E-state index is 12.6. The van der Waals surface area contributed by atoms with Crippen molar-refractivity contribution in [3.63, 3.8) is 0 Å². The third-order valence-corrected chi connectivity index (χ3v) is 5.32. The van der Waals surface area contributed by atoms with Crippen LogP contribution in [0.3, 0.4) is 0 Å².